The van der Waals surface area contributed by atoms with Gasteiger partial charge in [-0.25, -0.2) is 0 Å². The maximum Gasteiger partial charge on any atom is 0.306 e. The lowest BCUT2D eigenvalue weighted by atomic mass is 9.80. The summed E-state index contributed by atoms with van der Waals surface area (Å²) in [5.41, 5.74) is 0. The zero-order valence-corrected chi connectivity index (χ0v) is 12.4. The van der Waals surface area contributed by atoms with Crippen LogP contribution in [0.2, 0.25) is 0 Å². The van der Waals surface area contributed by atoms with Crippen LogP contribution in [0.25, 0.3) is 0 Å². The van der Waals surface area contributed by atoms with Gasteiger partial charge in [-0.1, -0.05) is 13.0 Å². The Morgan fingerprint density at radius 2 is 2.19 bits per heavy atom. The molecule has 2 heterocycles. The van der Waals surface area contributed by atoms with Crippen LogP contribution in [0.3, 0.4) is 0 Å². The molecule has 1 aromatic heterocycles. The number of hydrogen-bond donors (Lipinski definition) is 1. The van der Waals surface area contributed by atoms with Crippen LogP contribution in [-0.2, 0) is 4.79 Å². The summed E-state index contributed by atoms with van der Waals surface area (Å²) < 4.78 is 6.02. The second kappa shape index (κ2) is 5.92. The van der Waals surface area contributed by atoms with Crippen LogP contribution in [-0.4, -0.2) is 35.3 Å². The Bertz CT molecular complexity index is 516. The lowest BCUT2D eigenvalue weighted by molar-refractivity contribution is -0.144. The zero-order chi connectivity index (χ0) is 14.8. The van der Waals surface area contributed by atoms with Crippen LogP contribution in [0.1, 0.15) is 32.6 Å². The molecule has 0 aromatic carbocycles. The van der Waals surface area contributed by atoms with Crippen molar-refractivity contribution in [3.63, 3.8) is 0 Å². The molecule has 21 heavy (non-hydrogen) atoms. The number of pyridine rings is 1. The first-order chi connectivity index (χ1) is 10.1. The Morgan fingerprint density at radius 1 is 1.38 bits per heavy atom. The van der Waals surface area contributed by atoms with Gasteiger partial charge < -0.3 is 14.7 Å². The van der Waals surface area contributed by atoms with E-state index < -0.39 is 5.97 Å². The van der Waals surface area contributed by atoms with Crippen molar-refractivity contribution in [3.8, 4) is 5.88 Å². The average Bonchev–Trinajstić information content (AvgIpc) is 2.39. The molecule has 1 aliphatic carbocycles. The number of anilines is 1. The molecule has 5 heteroatoms. The molecule has 5 nitrogen and oxygen atoms in total. The monoisotopic (exact) mass is 290 g/mol. The fourth-order valence-electron chi connectivity index (χ4n) is 3.11. The van der Waals surface area contributed by atoms with Crippen molar-refractivity contribution in [1.82, 2.24) is 4.98 Å². The maximum absolute atomic E-state index is 11.1. The Hall–Kier alpha value is -1.78. The van der Waals surface area contributed by atoms with Crippen LogP contribution >= 0.6 is 0 Å². The highest BCUT2D eigenvalue weighted by Gasteiger charge is 2.32. The van der Waals surface area contributed by atoms with E-state index in [4.69, 9.17) is 9.84 Å². The summed E-state index contributed by atoms with van der Waals surface area (Å²) in [6.45, 7) is 4.20. The molecule has 1 aromatic rings. The highest BCUT2D eigenvalue weighted by atomic mass is 16.5. The van der Waals surface area contributed by atoms with Gasteiger partial charge in [0, 0.05) is 19.2 Å². The largest absolute Gasteiger partial charge is 0.481 e. The number of nitrogens with zero attached hydrogens (tertiary/aromatic N) is 2. The van der Waals surface area contributed by atoms with Crippen LogP contribution < -0.4 is 9.64 Å². The van der Waals surface area contributed by atoms with Crippen molar-refractivity contribution in [3.05, 3.63) is 18.2 Å². The van der Waals surface area contributed by atoms with Crippen molar-refractivity contribution in [2.24, 2.45) is 11.8 Å². The summed E-state index contributed by atoms with van der Waals surface area (Å²) in [4.78, 5) is 17.9. The van der Waals surface area contributed by atoms with E-state index >= 15 is 0 Å². The van der Waals surface area contributed by atoms with Crippen LogP contribution in [0.5, 0.6) is 5.88 Å². The maximum atomic E-state index is 11.1. The third-order valence-corrected chi connectivity index (χ3v) is 4.60. The van der Waals surface area contributed by atoms with Gasteiger partial charge in [0.2, 0.25) is 5.88 Å². The van der Waals surface area contributed by atoms with Gasteiger partial charge >= 0.3 is 5.97 Å². The topological polar surface area (TPSA) is 62.7 Å². The summed E-state index contributed by atoms with van der Waals surface area (Å²) in [7, 11) is 0. The van der Waals surface area contributed by atoms with E-state index in [0.29, 0.717) is 18.7 Å². The second-order valence-electron chi connectivity index (χ2n) is 6.16. The number of hydrogen-bond acceptors (Lipinski definition) is 4. The van der Waals surface area contributed by atoms with Crippen LogP contribution in [0, 0.1) is 11.8 Å². The summed E-state index contributed by atoms with van der Waals surface area (Å²) in [5, 5.41) is 9.10. The number of carbonyl (C=O) groups is 1. The fourth-order valence-corrected chi connectivity index (χ4v) is 3.11. The number of aliphatic carboxylic acids is 1. The number of aromatic nitrogens is 1. The summed E-state index contributed by atoms with van der Waals surface area (Å²) >= 11 is 0. The van der Waals surface area contributed by atoms with E-state index in [1.54, 1.807) is 0 Å². The molecule has 0 bridgehead atoms. The summed E-state index contributed by atoms with van der Waals surface area (Å²) in [6, 6.07) is 5.87. The van der Waals surface area contributed by atoms with Crippen LogP contribution in [0.15, 0.2) is 18.2 Å². The lowest BCUT2D eigenvalue weighted by Crippen LogP contribution is -2.38. The molecule has 114 valence electrons. The third kappa shape index (κ3) is 3.12. The first-order valence-electron chi connectivity index (χ1n) is 7.75. The molecule has 1 saturated heterocycles. The van der Waals surface area contributed by atoms with Gasteiger partial charge in [-0.2, -0.15) is 4.98 Å². The number of ether oxygens (including phenoxy) is 1. The van der Waals surface area contributed by atoms with Crippen molar-refractivity contribution in [1.29, 1.82) is 0 Å². The van der Waals surface area contributed by atoms with Crippen molar-refractivity contribution in [2.45, 2.75) is 38.7 Å². The van der Waals surface area contributed by atoms with Gasteiger partial charge in [0.25, 0.3) is 0 Å². The smallest absolute Gasteiger partial charge is 0.306 e. The predicted octanol–water partition coefficient (Wildman–Crippen LogP) is 2.56. The number of rotatable bonds is 4. The highest BCUT2D eigenvalue weighted by molar-refractivity contribution is 5.70. The Labute approximate surface area is 124 Å². The Kier molecular flexibility index (Phi) is 3.99. The van der Waals surface area contributed by atoms with Gasteiger partial charge in [0.15, 0.2) is 0 Å². The summed E-state index contributed by atoms with van der Waals surface area (Å²) in [6.07, 6.45) is 3.46. The predicted molar refractivity (Wildman–Crippen MR) is 79.6 cm³/mol. The van der Waals surface area contributed by atoms with Crippen molar-refractivity contribution in [2.75, 3.05) is 18.0 Å². The molecular weight excluding hydrogens is 268 g/mol. The fraction of sp³-hybridized carbons (Fsp3) is 0.625. The molecule has 1 N–H and O–H groups in total. The normalized spacial score (nSPS) is 28.8. The third-order valence-electron chi connectivity index (χ3n) is 4.60. The Balaban J connectivity index is 1.62. The molecule has 1 aliphatic heterocycles. The Morgan fingerprint density at radius 3 is 2.81 bits per heavy atom. The molecular formula is C16H22N2O3. The van der Waals surface area contributed by atoms with E-state index in [1.165, 1.54) is 6.42 Å². The van der Waals surface area contributed by atoms with Gasteiger partial charge in [0.05, 0.1) is 5.92 Å². The molecule has 3 atom stereocenters. The minimum atomic E-state index is -0.682. The first kappa shape index (κ1) is 14.2. The molecule has 3 rings (SSSR count). The van der Waals surface area contributed by atoms with Gasteiger partial charge in [-0.05, 0) is 37.7 Å². The van der Waals surface area contributed by atoms with E-state index in [9.17, 15) is 4.79 Å². The molecule has 0 radical (unpaired) electrons. The van der Waals surface area contributed by atoms with E-state index in [2.05, 4.69) is 16.8 Å². The molecule has 0 spiro atoms. The molecule has 2 aliphatic rings. The standard InChI is InChI=1S/C16H22N2O3/c1-11-10-12(16(19)20)6-7-13(11)21-15-5-2-4-14(17-15)18-8-3-9-18/h2,4-5,11-13H,3,6-10H2,1H3,(H,19,20). The second-order valence-corrected chi connectivity index (χ2v) is 6.16. The van der Waals surface area contributed by atoms with Gasteiger partial charge in [-0.3, -0.25) is 4.79 Å². The number of carboxylic acid groups (broad SMARTS) is 1. The highest BCUT2D eigenvalue weighted by Crippen LogP contribution is 2.32. The number of carboxylic acids is 1. The SMILES string of the molecule is CC1CC(C(=O)O)CCC1Oc1cccc(N2CCC2)n1. The van der Waals surface area contributed by atoms with Crippen LogP contribution in [0.4, 0.5) is 5.82 Å². The first-order valence-corrected chi connectivity index (χ1v) is 7.75. The molecule has 2 fully saturated rings. The minimum absolute atomic E-state index is 0.0692. The zero-order valence-electron chi connectivity index (χ0n) is 12.4. The summed E-state index contributed by atoms with van der Waals surface area (Å²) in [5.74, 6) is 0.975. The molecule has 0 amide bonds. The van der Waals surface area contributed by atoms with Gasteiger partial charge in [-0.15, -0.1) is 0 Å². The van der Waals surface area contributed by atoms with Crippen molar-refractivity contribution < 1.29 is 14.6 Å². The van der Waals surface area contributed by atoms with E-state index in [0.717, 1.165) is 25.3 Å². The minimum Gasteiger partial charge on any atom is -0.481 e. The quantitative estimate of drug-likeness (QED) is 0.923. The van der Waals surface area contributed by atoms with Gasteiger partial charge in [0.1, 0.15) is 11.9 Å². The molecule has 1 saturated carbocycles. The van der Waals surface area contributed by atoms with E-state index in [1.807, 2.05) is 18.2 Å². The average molecular weight is 290 g/mol. The van der Waals surface area contributed by atoms with Crippen molar-refractivity contribution >= 4 is 11.8 Å². The molecule has 3 unspecified atom stereocenters. The van der Waals surface area contributed by atoms with E-state index in [-0.39, 0.29) is 17.9 Å². The lowest BCUT2D eigenvalue weighted by Gasteiger charge is -2.34.